The van der Waals surface area contributed by atoms with Crippen molar-refractivity contribution in [1.29, 1.82) is 0 Å². The number of hydrogen-bond acceptors (Lipinski definition) is 1. The molecule has 0 aliphatic carbocycles. The van der Waals surface area contributed by atoms with Gasteiger partial charge in [0, 0.05) is 13.1 Å². The van der Waals surface area contributed by atoms with Crippen LogP contribution in [0.25, 0.3) is 0 Å². The van der Waals surface area contributed by atoms with Gasteiger partial charge in [-0.05, 0) is 31.1 Å². The molecule has 1 fully saturated rings. The zero-order chi connectivity index (χ0) is 9.84. The van der Waals surface area contributed by atoms with Crippen molar-refractivity contribution in [3.63, 3.8) is 0 Å². The van der Waals surface area contributed by atoms with E-state index in [1.165, 1.54) is 12.8 Å². The Bertz CT molecular complexity index is 180. The van der Waals surface area contributed by atoms with E-state index in [0.717, 1.165) is 25.4 Å². The lowest BCUT2D eigenvalue weighted by Gasteiger charge is -2.32. The van der Waals surface area contributed by atoms with Gasteiger partial charge in [-0.3, -0.25) is 0 Å². The average Bonchev–Trinajstić information content (AvgIpc) is 2.03. The molecule has 0 aromatic rings. The van der Waals surface area contributed by atoms with Crippen molar-refractivity contribution in [3.05, 3.63) is 0 Å². The predicted octanol–water partition coefficient (Wildman–Crippen LogP) is 1.82. The first-order valence-corrected chi connectivity index (χ1v) is 5.14. The molecule has 1 atom stereocenters. The zero-order valence-electron chi connectivity index (χ0n) is 8.62. The molecule has 2 N–H and O–H groups in total. The van der Waals surface area contributed by atoms with Crippen molar-refractivity contribution < 1.29 is 4.79 Å². The molecule has 1 saturated heterocycles. The molecule has 76 valence electrons. The van der Waals surface area contributed by atoms with E-state index in [9.17, 15) is 4.79 Å². The summed E-state index contributed by atoms with van der Waals surface area (Å²) in [6, 6.07) is -0.256. The van der Waals surface area contributed by atoms with Crippen LogP contribution in [0.1, 0.15) is 33.1 Å². The molecule has 0 aromatic carbocycles. The van der Waals surface area contributed by atoms with E-state index in [1.54, 1.807) is 4.90 Å². The van der Waals surface area contributed by atoms with Crippen molar-refractivity contribution >= 4 is 6.03 Å². The Morgan fingerprint density at radius 2 is 2.31 bits per heavy atom. The number of piperidine rings is 1. The molecule has 0 radical (unpaired) electrons. The van der Waals surface area contributed by atoms with Crippen LogP contribution in [0, 0.1) is 11.8 Å². The number of nitrogens with two attached hydrogens (primary N) is 1. The van der Waals surface area contributed by atoms with Crippen LogP contribution >= 0.6 is 0 Å². The third-order valence-electron chi connectivity index (χ3n) is 2.64. The van der Waals surface area contributed by atoms with E-state index >= 15 is 0 Å². The van der Waals surface area contributed by atoms with E-state index in [0.29, 0.717) is 5.92 Å². The highest BCUT2D eigenvalue weighted by Crippen LogP contribution is 2.22. The molecule has 0 aromatic heterocycles. The van der Waals surface area contributed by atoms with Crippen LogP contribution in [0.15, 0.2) is 0 Å². The van der Waals surface area contributed by atoms with Gasteiger partial charge in [0.25, 0.3) is 0 Å². The van der Waals surface area contributed by atoms with Crippen LogP contribution in [-0.4, -0.2) is 24.0 Å². The highest BCUT2D eigenvalue weighted by atomic mass is 16.2. The lowest BCUT2D eigenvalue weighted by molar-refractivity contribution is 0.165. The molecule has 1 aliphatic rings. The maximum atomic E-state index is 10.9. The van der Waals surface area contributed by atoms with Crippen LogP contribution in [-0.2, 0) is 0 Å². The van der Waals surface area contributed by atoms with Gasteiger partial charge in [-0.1, -0.05) is 13.8 Å². The fraction of sp³-hybridized carbons (Fsp3) is 0.900. The molecule has 3 nitrogen and oxygen atoms in total. The normalized spacial score (nSPS) is 23.6. The number of nitrogens with zero attached hydrogens (tertiary/aromatic N) is 1. The first kappa shape index (κ1) is 10.4. The van der Waals surface area contributed by atoms with Gasteiger partial charge in [0.1, 0.15) is 0 Å². The molecule has 1 unspecified atom stereocenters. The first-order chi connectivity index (χ1) is 6.09. The van der Waals surface area contributed by atoms with Crippen molar-refractivity contribution in [2.24, 2.45) is 17.6 Å². The van der Waals surface area contributed by atoms with Crippen molar-refractivity contribution in [2.75, 3.05) is 13.1 Å². The second kappa shape index (κ2) is 4.49. The molecular formula is C10H20N2O. The van der Waals surface area contributed by atoms with Crippen LogP contribution in [0.5, 0.6) is 0 Å². The van der Waals surface area contributed by atoms with Crippen LogP contribution in [0.4, 0.5) is 4.79 Å². The molecule has 0 bridgehead atoms. The Labute approximate surface area is 80.3 Å². The Hall–Kier alpha value is -0.730. The number of hydrogen-bond donors (Lipinski definition) is 1. The van der Waals surface area contributed by atoms with E-state index in [4.69, 9.17) is 5.73 Å². The molecule has 3 heteroatoms. The average molecular weight is 184 g/mol. The summed E-state index contributed by atoms with van der Waals surface area (Å²) in [4.78, 5) is 12.7. The number of urea groups is 1. The Balaban J connectivity index is 2.37. The van der Waals surface area contributed by atoms with E-state index in [2.05, 4.69) is 13.8 Å². The molecule has 1 rings (SSSR count). The van der Waals surface area contributed by atoms with Crippen LogP contribution in [0.2, 0.25) is 0 Å². The summed E-state index contributed by atoms with van der Waals surface area (Å²) in [5, 5.41) is 0. The lowest BCUT2D eigenvalue weighted by atomic mass is 9.90. The van der Waals surface area contributed by atoms with Crippen molar-refractivity contribution in [2.45, 2.75) is 33.1 Å². The van der Waals surface area contributed by atoms with Crippen LogP contribution < -0.4 is 5.73 Å². The zero-order valence-corrected chi connectivity index (χ0v) is 8.62. The molecular weight excluding hydrogens is 164 g/mol. The van der Waals surface area contributed by atoms with Gasteiger partial charge >= 0.3 is 6.03 Å². The van der Waals surface area contributed by atoms with E-state index < -0.39 is 0 Å². The summed E-state index contributed by atoms with van der Waals surface area (Å²) in [5.41, 5.74) is 5.25. The summed E-state index contributed by atoms with van der Waals surface area (Å²) in [7, 11) is 0. The van der Waals surface area contributed by atoms with Gasteiger partial charge in [-0.2, -0.15) is 0 Å². The van der Waals surface area contributed by atoms with Gasteiger partial charge in [-0.25, -0.2) is 4.79 Å². The van der Waals surface area contributed by atoms with Crippen molar-refractivity contribution in [1.82, 2.24) is 4.90 Å². The number of likely N-dealkylation sites (tertiary alicyclic amines) is 1. The van der Waals surface area contributed by atoms with Crippen molar-refractivity contribution in [3.8, 4) is 0 Å². The highest BCUT2D eigenvalue weighted by molar-refractivity contribution is 5.72. The van der Waals surface area contributed by atoms with Gasteiger partial charge in [-0.15, -0.1) is 0 Å². The number of carbonyl (C=O) groups is 1. The molecule has 1 aliphatic heterocycles. The SMILES string of the molecule is CC(C)CC1CCCN(C(N)=O)C1. The van der Waals surface area contributed by atoms with Gasteiger partial charge in [0.15, 0.2) is 0 Å². The molecule has 2 amide bonds. The summed E-state index contributed by atoms with van der Waals surface area (Å²) in [5.74, 6) is 1.39. The summed E-state index contributed by atoms with van der Waals surface area (Å²) in [6.07, 6.45) is 3.58. The summed E-state index contributed by atoms with van der Waals surface area (Å²) >= 11 is 0. The number of carbonyl (C=O) groups excluding carboxylic acids is 1. The van der Waals surface area contributed by atoms with Gasteiger partial charge in [0.05, 0.1) is 0 Å². The maximum absolute atomic E-state index is 10.9. The van der Waals surface area contributed by atoms with E-state index in [-0.39, 0.29) is 6.03 Å². The fourth-order valence-electron chi connectivity index (χ4n) is 2.12. The Morgan fingerprint density at radius 1 is 1.62 bits per heavy atom. The Morgan fingerprint density at radius 3 is 2.85 bits per heavy atom. The summed E-state index contributed by atoms with van der Waals surface area (Å²) in [6.45, 7) is 6.17. The second-order valence-electron chi connectivity index (χ2n) is 4.42. The third kappa shape index (κ3) is 3.25. The number of rotatable bonds is 2. The quantitative estimate of drug-likeness (QED) is 0.699. The van der Waals surface area contributed by atoms with Gasteiger partial charge in [0.2, 0.25) is 0 Å². The smallest absolute Gasteiger partial charge is 0.314 e. The minimum atomic E-state index is -0.256. The minimum absolute atomic E-state index is 0.256. The number of primary amides is 1. The first-order valence-electron chi connectivity index (χ1n) is 5.14. The van der Waals surface area contributed by atoms with E-state index in [1.807, 2.05) is 0 Å². The predicted molar refractivity (Wildman–Crippen MR) is 53.3 cm³/mol. The number of amides is 2. The molecule has 1 heterocycles. The fourth-order valence-corrected chi connectivity index (χ4v) is 2.12. The van der Waals surface area contributed by atoms with Crippen LogP contribution in [0.3, 0.4) is 0 Å². The van der Waals surface area contributed by atoms with Gasteiger partial charge < -0.3 is 10.6 Å². The highest BCUT2D eigenvalue weighted by Gasteiger charge is 2.22. The molecule has 0 spiro atoms. The largest absolute Gasteiger partial charge is 0.351 e. The molecule has 13 heavy (non-hydrogen) atoms. The minimum Gasteiger partial charge on any atom is -0.351 e. The monoisotopic (exact) mass is 184 g/mol. The second-order valence-corrected chi connectivity index (χ2v) is 4.42. The lowest BCUT2D eigenvalue weighted by Crippen LogP contribution is -2.43. The maximum Gasteiger partial charge on any atom is 0.314 e. The molecule has 0 saturated carbocycles. The summed E-state index contributed by atoms with van der Waals surface area (Å²) < 4.78 is 0. The third-order valence-corrected chi connectivity index (χ3v) is 2.64. The standard InChI is InChI=1S/C10H20N2O/c1-8(2)6-9-4-3-5-12(7-9)10(11)13/h8-9H,3-7H2,1-2H3,(H2,11,13). The topological polar surface area (TPSA) is 46.3 Å². The Kier molecular flexibility index (Phi) is 3.58.